The number of rotatable bonds is 8. The highest BCUT2D eigenvalue weighted by Crippen LogP contribution is 2.32. The number of aliphatic imine (C=N–C) groups is 1. The maximum Gasteiger partial charge on any atom is 0.251 e. The lowest BCUT2D eigenvalue weighted by atomic mass is 10.1. The second-order valence-corrected chi connectivity index (χ2v) is 7.22. The normalized spacial score (nSPS) is 13.2. The third-order valence-electron chi connectivity index (χ3n) is 4.84. The predicted octanol–water partition coefficient (Wildman–Crippen LogP) is 3.82. The highest BCUT2D eigenvalue weighted by atomic mass is 127. The number of nitrogens with one attached hydrogen (secondary N) is 3. The molecule has 2 aromatic carbocycles. The molecular weight excluding hydrogens is 507 g/mol. The van der Waals surface area contributed by atoms with E-state index in [1.165, 1.54) is 0 Å². The van der Waals surface area contributed by atoms with Gasteiger partial charge in [-0.1, -0.05) is 25.1 Å². The molecule has 8 heteroatoms. The third kappa shape index (κ3) is 7.30. The van der Waals surface area contributed by atoms with Gasteiger partial charge in [-0.25, -0.2) is 4.99 Å². The smallest absolute Gasteiger partial charge is 0.251 e. The van der Waals surface area contributed by atoms with E-state index in [2.05, 4.69) is 27.9 Å². The molecule has 0 bridgehead atoms. The van der Waals surface area contributed by atoms with Crippen LogP contribution in [0.5, 0.6) is 11.5 Å². The summed E-state index contributed by atoms with van der Waals surface area (Å²) >= 11 is 0. The summed E-state index contributed by atoms with van der Waals surface area (Å²) in [6.07, 6.45) is 0.900. The van der Waals surface area contributed by atoms with Crippen LogP contribution in [-0.2, 0) is 13.1 Å². The van der Waals surface area contributed by atoms with Crippen LogP contribution in [-0.4, -0.2) is 31.2 Å². The highest BCUT2D eigenvalue weighted by molar-refractivity contribution is 14.0. The third-order valence-corrected chi connectivity index (χ3v) is 4.84. The number of fused-ring (bicyclic) bond motifs is 1. The average molecular weight is 538 g/mol. The topological polar surface area (TPSA) is 84.0 Å². The van der Waals surface area contributed by atoms with Crippen molar-refractivity contribution in [2.24, 2.45) is 4.99 Å². The summed E-state index contributed by atoms with van der Waals surface area (Å²) in [5.41, 5.74) is 2.71. The number of hydrogen-bond acceptors (Lipinski definition) is 4. The monoisotopic (exact) mass is 538 g/mol. The number of halogens is 1. The number of carbonyl (C=O) groups excluding carboxylic acids is 1. The molecule has 2 aromatic rings. The Bertz CT molecular complexity index is 904. The van der Waals surface area contributed by atoms with Crippen LogP contribution in [0, 0.1) is 0 Å². The molecule has 3 rings (SSSR count). The van der Waals surface area contributed by atoms with E-state index >= 15 is 0 Å². The van der Waals surface area contributed by atoms with Crippen molar-refractivity contribution in [3.63, 3.8) is 0 Å². The van der Waals surface area contributed by atoms with E-state index in [0.717, 1.165) is 35.6 Å². The van der Waals surface area contributed by atoms with E-state index in [1.54, 1.807) is 0 Å². The summed E-state index contributed by atoms with van der Waals surface area (Å²) in [6, 6.07) is 13.6. The van der Waals surface area contributed by atoms with Gasteiger partial charge in [0.1, 0.15) is 0 Å². The molecule has 1 heterocycles. The first-order chi connectivity index (χ1) is 14.6. The van der Waals surface area contributed by atoms with Gasteiger partial charge in [0, 0.05) is 24.7 Å². The molecule has 31 heavy (non-hydrogen) atoms. The van der Waals surface area contributed by atoms with Gasteiger partial charge < -0.3 is 25.4 Å². The summed E-state index contributed by atoms with van der Waals surface area (Å²) in [4.78, 5) is 17.0. The van der Waals surface area contributed by atoms with Crippen LogP contribution in [0.15, 0.2) is 47.5 Å². The van der Waals surface area contributed by atoms with Gasteiger partial charge in [-0.15, -0.1) is 24.0 Å². The summed E-state index contributed by atoms with van der Waals surface area (Å²) < 4.78 is 10.8. The molecule has 1 atom stereocenters. The number of carbonyl (C=O) groups is 1. The predicted molar refractivity (Wildman–Crippen MR) is 133 cm³/mol. The quantitative estimate of drug-likeness (QED) is 0.271. The van der Waals surface area contributed by atoms with E-state index in [9.17, 15) is 4.79 Å². The number of ether oxygens (including phenoxy) is 2. The van der Waals surface area contributed by atoms with Crippen LogP contribution in [0.2, 0.25) is 0 Å². The van der Waals surface area contributed by atoms with E-state index in [0.29, 0.717) is 24.6 Å². The van der Waals surface area contributed by atoms with Gasteiger partial charge in [0.05, 0.1) is 6.54 Å². The Balaban J connectivity index is 0.00000341. The first-order valence-electron chi connectivity index (χ1n) is 10.4. The van der Waals surface area contributed by atoms with Crippen molar-refractivity contribution in [1.29, 1.82) is 0 Å². The summed E-state index contributed by atoms with van der Waals surface area (Å²) in [6.45, 7) is 8.18. The van der Waals surface area contributed by atoms with Crippen molar-refractivity contribution in [2.75, 3.05) is 13.3 Å². The number of guanidine groups is 1. The SMILES string of the molecule is CCNC(=NCc1cccc(C(=O)NC(C)CC)c1)NCc1ccc2c(c1)OCO2.I. The van der Waals surface area contributed by atoms with Gasteiger partial charge in [-0.3, -0.25) is 4.79 Å². The Kier molecular flexibility index (Phi) is 9.90. The van der Waals surface area contributed by atoms with Gasteiger partial charge in [0.2, 0.25) is 6.79 Å². The van der Waals surface area contributed by atoms with Crippen LogP contribution >= 0.6 is 24.0 Å². The van der Waals surface area contributed by atoms with Gasteiger partial charge in [-0.05, 0) is 55.7 Å². The molecule has 0 spiro atoms. The molecular formula is C23H31IN4O3. The van der Waals surface area contributed by atoms with E-state index < -0.39 is 0 Å². The molecule has 3 N–H and O–H groups in total. The first-order valence-corrected chi connectivity index (χ1v) is 10.4. The zero-order chi connectivity index (χ0) is 21.3. The van der Waals surface area contributed by atoms with Gasteiger partial charge >= 0.3 is 0 Å². The van der Waals surface area contributed by atoms with Gasteiger partial charge in [-0.2, -0.15) is 0 Å². The van der Waals surface area contributed by atoms with Crippen LogP contribution in [0.4, 0.5) is 0 Å². The largest absolute Gasteiger partial charge is 0.454 e. The van der Waals surface area contributed by atoms with Crippen molar-refractivity contribution >= 4 is 35.8 Å². The van der Waals surface area contributed by atoms with Crippen molar-refractivity contribution in [2.45, 2.75) is 46.3 Å². The lowest BCUT2D eigenvalue weighted by Crippen LogP contribution is -2.36. The molecule has 0 fully saturated rings. The fraction of sp³-hybridized carbons (Fsp3) is 0.391. The maximum atomic E-state index is 12.4. The van der Waals surface area contributed by atoms with E-state index in [1.807, 2.05) is 56.3 Å². The van der Waals surface area contributed by atoms with Crippen molar-refractivity contribution in [3.05, 3.63) is 59.2 Å². The second kappa shape index (κ2) is 12.4. The standard InChI is InChI=1S/C23H30N4O3.HI/c1-4-16(3)27-22(28)19-8-6-7-17(11-19)13-25-23(24-5-2)26-14-18-9-10-20-21(12-18)30-15-29-20;/h6-12,16H,4-5,13-15H2,1-3H3,(H,27,28)(H2,24,25,26);1H. The molecule has 0 saturated carbocycles. The molecule has 1 aliphatic rings. The second-order valence-electron chi connectivity index (χ2n) is 7.22. The fourth-order valence-corrected chi connectivity index (χ4v) is 2.97. The number of hydrogen-bond donors (Lipinski definition) is 3. The molecule has 0 saturated heterocycles. The molecule has 0 aliphatic carbocycles. The number of nitrogens with zero attached hydrogens (tertiary/aromatic N) is 1. The highest BCUT2D eigenvalue weighted by Gasteiger charge is 2.13. The molecule has 168 valence electrons. The van der Waals surface area contributed by atoms with Crippen LogP contribution < -0.4 is 25.4 Å². The Labute approximate surface area is 201 Å². The van der Waals surface area contributed by atoms with Crippen LogP contribution in [0.1, 0.15) is 48.7 Å². The average Bonchev–Trinajstić information content (AvgIpc) is 3.23. The van der Waals surface area contributed by atoms with Crippen molar-refractivity contribution in [3.8, 4) is 11.5 Å². The zero-order valence-electron chi connectivity index (χ0n) is 18.2. The summed E-state index contributed by atoms with van der Waals surface area (Å²) in [5, 5.41) is 9.58. The molecule has 7 nitrogen and oxygen atoms in total. The molecule has 1 amide bonds. The maximum absolute atomic E-state index is 12.4. The van der Waals surface area contributed by atoms with E-state index in [4.69, 9.17) is 9.47 Å². The van der Waals surface area contributed by atoms with Crippen LogP contribution in [0.3, 0.4) is 0 Å². The van der Waals surface area contributed by atoms with Crippen molar-refractivity contribution < 1.29 is 14.3 Å². The van der Waals surface area contributed by atoms with Gasteiger partial charge in [0.15, 0.2) is 17.5 Å². The summed E-state index contributed by atoms with van der Waals surface area (Å²) in [7, 11) is 0. The minimum absolute atomic E-state index is 0. The molecule has 0 aromatic heterocycles. The first kappa shape index (κ1) is 24.8. The molecule has 0 radical (unpaired) electrons. The van der Waals surface area contributed by atoms with Gasteiger partial charge in [0.25, 0.3) is 5.91 Å². The molecule has 1 aliphatic heterocycles. The van der Waals surface area contributed by atoms with Crippen LogP contribution in [0.25, 0.3) is 0 Å². The Morgan fingerprint density at radius 2 is 1.87 bits per heavy atom. The van der Waals surface area contributed by atoms with Crippen molar-refractivity contribution in [1.82, 2.24) is 16.0 Å². The Morgan fingerprint density at radius 3 is 2.65 bits per heavy atom. The lowest BCUT2D eigenvalue weighted by Gasteiger charge is -2.13. The summed E-state index contributed by atoms with van der Waals surface area (Å²) in [5.74, 6) is 2.20. The fourth-order valence-electron chi connectivity index (χ4n) is 2.97. The zero-order valence-corrected chi connectivity index (χ0v) is 20.6. The minimum atomic E-state index is -0.0528. The minimum Gasteiger partial charge on any atom is -0.454 e. The van der Waals surface area contributed by atoms with E-state index in [-0.39, 0.29) is 42.7 Å². The lowest BCUT2D eigenvalue weighted by molar-refractivity contribution is 0.0939. The number of benzene rings is 2. The molecule has 1 unspecified atom stereocenters. The Hall–Kier alpha value is -2.49. The number of amides is 1. The Morgan fingerprint density at radius 1 is 1.06 bits per heavy atom.